The molecule has 8 nitrogen and oxygen atoms in total. The Morgan fingerprint density at radius 1 is 0.975 bits per heavy atom. The number of halogens is 4. The monoisotopic (exact) mass is 559 g/mol. The van der Waals surface area contributed by atoms with Gasteiger partial charge in [0.1, 0.15) is 11.6 Å². The van der Waals surface area contributed by atoms with Gasteiger partial charge in [0.2, 0.25) is 5.56 Å². The molecule has 4 rings (SSSR count). The van der Waals surface area contributed by atoms with Gasteiger partial charge in [0.15, 0.2) is 0 Å². The summed E-state index contributed by atoms with van der Waals surface area (Å²) in [4.78, 5) is 43.0. The minimum atomic E-state index is -3.09. The number of nitrogens with one attached hydrogen (secondary N) is 3. The van der Waals surface area contributed by atoms with E-state index in [0.29, 0.717) is 24.8 Å². The zero-order valence-electron chi connectivity index (χ0n) is 22.3. The number of anilines is 2. The largest absolute Gasteiger partial charge is 0.367 e. The van der Waals surface area contributed by atoms with Gasteiger partial charge in [-0.2, -0.15) is 0 Å². The van der Waals surface area contributed by atoms with Crippen LogP contribution in [0.4, 0.5) is 28.9 Å². The maximum Gasteiger partial charge on any atom is 0.264 e. The Kier molecular flexibility index (Phi) is 8.29. The molecule has 0 saturated carbocycles. The molecule has 0 bridgehead atoms. The Bertz CT molecular complexity index is 1500. The summed E-state index contributed by atoms with van der Waals surface area (Å²) in [6.07, 6.45) is -2.19. The highest BCUT2D eigenvalue weighted by molar-refractivity contribution is 6.07. The van der Waals surface area contributed by atoms with Gasteiger partial charge in [-0.25, -0.2) is 17.6 Å². The van der Waals surface area contributed by atoms with Crippen molar-refractivity contribution in [1.29, 1.82) is 0 Å². The van der Waals surface area contributed by atoms with Crippen molar-refractivity contribution in [2.24, 2.45) is 0 Å². The number of nitrogens with zero attached hydrogens (tertiary/aromatic N) is 2. The van der Waals surface area contributed by atoms with Gasteiger partial charge in [-0.15, -0.1) is 0 Å². The SMILES string of the molecule is CNC(=O)c1ccc(-c2cc(NC(=O)c3c[nH]c(=O)cc3C(F)F)c(N3C[C@@H](C)N(C)[C@@H](C)C3)cc2F)cc1F. The van der Waals surface area contributed by atoms with Crippen LogP contribution in [0.15, 0.2) is 47.4 Å². The molecule has 0 unspecified atom stereocenters. The Labute approximate surface area is 228 Å². The second-order valence-corrected chi connectivity index (χ2v) is 9.81. The summed E-state index contributed by atoms with van der Waals surface area (Å²) in [5.41, 5.74) is -1.78. The Morgan fingerprint density at radius 3 is 2.25 bits per heavy atom. The van der Waals surface area contributed by atoms with Crippen LogP contribution in [-0.4, -0.2) is 61.0 Å². The first-order valence-electron chi connectivity index (χ1n) is 12.6. The van der Waals surface area contributed by atoms with Gasteiger partial charge in [-0.3, -0.25) is 19.3 Å². The molecule has 1 saturated heterocycles. The van der Waals surface area contributed by atoms with E-state index in [1.165, 1.54) is 31.3 Å². The van der Waals surface area contributed by atoms with Crippen molar-refractivity contribution in [2.75, 3.05) is 37.4 Å². The van der Waals surface area contributed by atoms with Crippen molar-refractivity contribution < 1.29 is 27.2 Å². The van der Waals surface area contributed by atoms with Gasteiger partial charge >= 0.3 is 0 Å². The van der Waals surface area contributed by atoms with Gasteiger partial charge < -0.3 is 20.5 Å². The number of rotatable bonds is 6. The number of benzene rings is 2. The number of carbonyl (C=O) groups excluding carboxylic acids is 2. The predicted molar refractivity (Wildman–Crippen MR) is 144 cm³/mol. The molecule has 0 radical (unpaired) electrons. The maximum atomic E-state index is 15.6. The third-order valence-electron chi connectivity index (χ3n) is 7.22. The van der Waals surface area contributed by atoms with Crippen LogP contribution < -0.4 is 21.1 Å². The first-order valence-corrected chi connectivity index (χ1v) is 12.6. The van der Waals surface area contributed by atoms with Crippen molar-refractivity contribution in [1.82, 2.24) is 15.2 Å². The fraction of sp³-hybridized carbons (Fsp3) is 0.321. The molecule has 1 fully saturated rings. The quantitative estimate of drug-likeness (QED) is 0.389. The van der Waals surface area contributed by atoms with Gasteiger partial charge in [0.05, 0.1) is 22.5 Å². The van der Waals surface area contributed by atoms with E-state index >= 15 is 4.39 Å². The molecule has 2 amide bonds. The minimum absolute atomic E-state index is 0.0750. The molecule has 3 aromatic rings. The summed E-state index contributed by atoms with van der Waals surface area (Å²) in [5, 5.41) is 4.92. The third kappa shape index (κ3) is 5.71. The Morgan fingerprint density at radius 2 is 1.65 bits per heavy atom. The fourth-order valence-corrected chi connectivity index (χ4v) is 4.80. The van der Waals surface area contributed by atoms with Crippen LogP contribution in [0.3, 0.4) is 0 Å². The highest BCUT2D eigenvalue weighted by atomic mass is 19.3. The van der Waals surface area contributed by atoms with E-state index in [4.69, 9.17) is 0 Å². The van der Waals surface area contributed by atoms with Crippen LogP contribution in [-0.2, 0) is 0 Å². The number of aromatic amines is 1. The number of pyridine rings is 1. The average Bonchev–Trinajstić information content (AvgIpc) is 2.91. The predicted octanol–water partition coefficient (Wildman–Crippen LogP) is 4.40. The lowest BCUT2D eigenvalue weighted by atomic mass is 9.99. The van der Waals surface area contributed by atoms with E-state index in [0.717, 1.165) is 12.3 Å². The van der Waals surface area contributed by atoms with Crippen LogP contribution in [0.2, 0.25) is 0 Å². The number of H-pyrrole nitrogens is 1. The molecule has 1 aliphatic heterocycles. The van der Waals surface area contributed by atoms with E-state index in [1.54, 1.807) is 0 Å². The summed E-state index contributed by atoms with van der Waals surface area (Å²) in [5.74, 6) is -3.18. The topological polar surface area (TPSA) is 97.5 Å². The number of hydrogen-bond acceptors (Lipinski definition) is 5. The molecule has 0 aliphatic carbocycles. The molecule has 212 valence electrons. The van der Waals surface area contributed by atoms with Gasteiger partial charge in [0.25, 0.3) is 18.2 Å². The van der Waals surface area contributed by atoms with Crippen LogP contribution in [0.1, 0.15) is 46.6 Å². The van der Waals surface area contributed by atoms with Crippen molar-refractivity contribution >= 4 is 23.2 Å². The highest BCUT2D eigenvalue weighted by Gasteiger charge is 2.30. The van der Waals surface area contributed by atoms with E-state index in [-0.39, 0.29) is 34.5 Å². The molecule has 2 aromatic carbocycles. The van der Waals surface area contributed by atoms with Crippen molar-refractivity contribution in [3.63, 3.8) is 0 Å². The van der Waals surface area contributed by atoms with Gasteiger partial charge in [-0.05, 0) is 50.7 Å². The van der Waals surface area contributed by atoms with Crippen molar-refractivity contribution in [3.8, 4) is 11.1 Å². The molecular formula is C28H29F4N5O3. The summed E-state index contributed by atoms with van der Waals surface area (Å²) >= 11 is 0. The molecule has 2 atom stereocenters. The minimum Gasteiger partial charge on any atom is -0.367 e. The lowest BCUT2D eigenvalue weighted by Crippen LogP contribution is -2.55. The number of likely N-dealkylation sites (N-methyl/N-ethyl adjacent to an activating group) is 1. The smallest absolute Gasteiger partial charge is 0.264 e. The van der Waals surface area contributed by atoms with E-state index in [1.807, 2.05) is 25.8 Å². The molecule has 1 aliphatic rings. The zero-order chi connectivity index (χ0) is 29.3. The molecule has 2 heterocycles. The normalized spacial score (nSPS) is 17.7. The Hall–Kier alpha value is -4.19. The number of hydrogen-bond donors (Lipinski definition) is 3. The second kappa shape index (κ2) is 11.5. The molecule has 40 heavy (non-hydrogen) atoms. The van der Waals surface area contributed by atoms with Crippen molar-refractivity contribution in [2.45, 2.75) is 32.4 Å². The summed E-state index contributed by atoms with van der Waals surface area (Å²) in [7, 11) is 3.32. The summed E-state index contributed by atoms with van der Waals surface area (Å²) in [6.45, 7) is 4.97. The first-order chi connectivity index (χ1) is 18.9. The molecule has 12 heteroatoms. The molecule has 1 aromatic heterocycles. The summed E-state index contributed by atoms with van der Waals surface area (Å²) < 4.78 is 57.6. The van der Waals surface area contributed by atoms with Crippen LogP contribution in [0.25, 0.3) is 11.1 Å². The van der Waals surface area contributed by atoms with Gasteiger partial charge in [-0.1, -0.05) is 6.07 Å². The number of alkyl halides is 2. The number of piperazine rings is 1. The lowest BCUT2D eigenvalue weighted by molar-refractivity contribution is 0.0958. The molecule has 0 spiro atoms. The lowest BCUT2D eigenvalue weighted by Gasteiger charge is -2.44. The maximum absolute atomic E-state index is 15.6. The van der Waals surface area contributed by atoms with Crippen LogP contribution in [0.5, 0.6) is 0 Å². The Balaban J connectivity index is 1.82. The van der Waals surface area contributed by atoms with Crippen molar-refractivity contribution in [3.05, 3.63) is 81.3 Å². The van der Waals surface area contributed by atoms with E-state index < -0.39 is 46.6 Å². The number of carbonyl (C=O) groups is 2. The van der Waals surface area contributed by atoms with Crippen LogP contribution in [0, 0.1) is 11.6 Å². The molecular weight excluding hydrogens is 530 g/mol. The summed E-state index contributed by atoms with van der Waals surface area (Å²) in [6, 6.07) is 6.90. The van der Waals surface area contributed by atoms with E-state index in [2.05, 4.69) is 20.5 Å². The average molecular weight is 560 g/mol. The first kappa shape index (κ1) is 28.8. The van der Waals surface area contributed by atoms with Gasteiger partial charge in [0, 0.05) is 55.6 Å². The zero-order valence-corrected chi connectivity index (χ0v) is 22.3. The number of aromatic nitrogens is 1. The van der Waals surface area contributed by atoms with Crippen LogP contribution >= 0.6 is 0 Å². The third-order valence-corrected chi connectivity index (χ3v) is 7.22. The van der Waals surface area contributed by atoms with E-state index in [9.17, 15) is 27.6 Å². The standard InChI is InChI=1S/C28H29F4N5O3/c1-14-12-37(13-15(2)36(14)4)24-10-22(30)18(16-5-6-17(21(29)7-16)27(39)33-3)8-23(24)35-28(40)20-11-34-25(38)9-19(20)26(31)32/h5-11,14-15,26H,12-13H2,1-4H3,(H,33,39)(H,34,38)(H,35,40)/t14-,15+. The number of amides is 2. The second-order valence-electron chi connectivity index (χ2n) is 9.81. The fourth-order valence-electron chi connectivity index (χ4n) is 4.80. The highest BCUT2D eigenvalue weighted by Crippen LogP contribution is 2.37. The molecule has 3 N–H and O–H groups in total.